The summed E-state index contributed by atoms with van der Waals surface area (Å²) in [6.45, 7) is 1.65. The minimum Gasteiger partial charge on any atom is -0.369 e. The van der Waals surface area contributed by atoms with Crippen LogP contribution in [0.4, 0.5) is 15.8 Å². The minimum atomic E-state index is -3.82. The molecule has 1 aliphatic heterocycles. The van der Waals surface area contributed by atoms with Crippen molar-refractivity contribution in [3.05, 3.63) is 51.2 Å². The van der Waals surface area contributed by atoms with E-state index in [1.54, 1.807) is 24.3 Å². The molecule has 4 nitrogen and oxygen atoms in total. The molecule has 3 rings (SSSR count). The van der Waals surface area contributed by atoms with Gasteiger partial charge in [0.2, 0.25) is 0 Å². The third kappa shape index (κ3) is 3.75. The van der Waals surface area contributed by atoms with E-state index in [0.29, 0.717) is 14.6 Å². The summed E-state index contributed by atoms with van der Waals surface area (Å²) in [6.07, 6.45) is 2.09. The second-order valence-corrected chi connectivity index (χ2v) is 8.96. The van der Waals surface area contributed by atoms with E-state index in [0.717, 1.165) is 25.9 Å². The van der Waals surface area contributed by atoms with E-state index in [2.05, 4.69) is 36.6 Å². The highest BCUT2D eigenvalue weighted by atomic mass is 79.9. The molecule has 1 fully saturated rings. The van der Waals surface area contributed by atoms with E-state index in [1.807, 2.05) is 4.90 Å². The first-order valence-corrected chi connectivity index (χ1v) is 10.5. The highest BCUT2D eigenvalue weighted by Gasteiger charge is 2.20. The minimum absolute atomic E-state index is 0.0842. The first-order chi connectivity index (χ1) is 11.4. The molecule has 24 heavy (non-hydrogen) atoms. The fourth-order valence-corrected chi connectivity index (χ4v) is 5.23. The van der Waals surface area contributed by atoms with Crippen LogP contribution >= 0.6 is 31.9 Å². The fraction of sp³-hybridized carbons (Fsp3) is 0.250. The molecule has 0 aliphatic carbocycles. The number of nitrogens with zero attached hydrogens (tertiary/aromatic N) is 1. The number of anilines is 2. The first-order valence-electron chi connectivity index (χ1n) is 7.39. The molecule has 1 N–H and O–H groups in total. The second kappa shape index (κ2) is 7.01. The Labute approximate surface area is 157 Å². The maximum atomic E-state index is 14.3. The maximum absolute atomic E-state index is 14.3. The molecule has 1 aliphatic rings. The lowest BCUT2D eigenvalue weighted by Gasteiger charge is -2.19. The predicted octanol–water partition coefficient (Wildman–Crippen LogP) is 4.75. The average Bonchev–Trinajstić information content (AvgIpc) is 3.03. The lowest BCUT2D eigenvalue weighted by atomic mass is 10.2. The molecule has 0 amide bonds. The molecule has 2 aromatic carbocycles. The van der Waals surface area contributed by atoms with Crippen LogP contribution in [0.5, 0.6) is 0 Å². The van der Waals surface area contributed by atoms with E-state index in [-0.39, 0.29) is 10.6 Å². The van der Waals surface area contributed by atoms with Gasteiger partial charge in [-0.25, -0.2) is 12.8 Å². The Balaban J connectivity index is 1.87. The molecule has 2 aromatic rings. The first kappa shape index (κ1) is 17.7. The molecule has 0 radical (unpaired) electrons. The SMILES string of the molecule is O=S(=O)(Nc1ccc(N2CCCC2)c(F)c1)c1cc(Br)ccc1Br. The van der Waals surface area contributed by atoms with Gasteiger partial charge >= 0.3 is 0 Å². The van der Waals surface area contributed by atoms with Crippen LogP contribution in [0.25, 0.3) is 0 Å². The molecule has 0 unspecified atom stereocenters. The van der Waals surface area contributed by atoms with Crippen molar-refractivity contribution in [1.82, 2.24) is 0 Å². The van der Waals surface area contributed by atoms with Gasteiger partial charge < -0.3 is 4.90 Å². The quantitative estimate of drug-likeness (QED) is 0.691. The van der Waals surface area contributed by atoms with Crippen LogP contribution in [0.15, 0.2) is 50.2 Å². The third-order valence-electron chi connectivity index (χ3n) is 3.83. The van der Waals surface area contributed by atoms with Gasteiger partial charge in [-0.1, -0.05) is 15.9 Å². The van der Waals surface area contributed by atoms with Gasteiger partial charge in [-0.05, 0) is 59.1 Å². The van der Waals surface area contributed by atoms with E-state index in [9.17, 15) is 12.8 Å². The zero-order chi connectivity index (χ0) is 17.3. The van der Waals surface area contributed by atoms with Crippen LogP contribution in [0, 0.1) is 5.82 Å². The van der Waals surface area contributed by atoms with E-state index in [1.165, 1.54) is 12.1 Å². The number of hydrogen-bond donors (Lipinski definition) is 1. The van der Waals surface area contributed by atoms with Crippen molar-refractivity contribution in [1.29, 1.82) is 0 Å². The Morgan fingerprint density at radius 3 is 2.42 bits per heavy atom. The normalized spacial score (nSPS) is 14.9. The number of sulfonamides is 1. The summed E-state index contributed by atoms with van der Waals surface area (Å²) in [4.78, 5) is 2.05. The van der Waals surface area contributed by atoms with Gasteiger partial charge in [0.1, 0.15) is 10.7 Å². The molecule has 0 spiro atoms. The Bertz CT molecular complexity index is 868. The van der Waals surface area contributed by atoms with Gasteiger partial charge in [-0.15, -0.1) is 0 Å². The summed E-state index contributed by atoms with van der Waals surface area (Å²) in [6, 6.07) is 9.27. The molecule has 128 valence electrons. The van der Waals surface area contributed by atoms with Crippen LogP contribution in [-0.2, 0) is 10.0 Å². The number of benzene rings is 2. The third-order valence-corrected chi connectivity index (χ3v) is 6.70. The maximum Gasteiger partial charge on any atom is 0.263 e. The topological polar surface area (TPSA) is 49.4 Å². The Hall–Kier alpha value is -1.12. The lowest BCUT2D eigenvalue weighted by Crippen LogP contribution is -2.19. The summed E-state index contributed by atoms with van der Waals surface area (Å²) in [5, 5.41) is 0. The van der Waals surface area contributed by atoms with E-state index >= 15 is 0 Å². The number of hydrogen-bond acceptors (Lipinski definition) is 3. The summed E-state index contributed by atoms with van der Waals surface area (Å²) in [5.74, 6) is -0.426. The Kier molecular flexibility index (Phi) is 5.17. The van der Waals surface area contributed by atoms with Crippen LogP contribution < -0.4 is 9.62 Å². The summed E-state index contributed by atoms with van der Waals surface area (Å²) in [5.41, 5.74) is 0.710. The van der Waals surface area contributed by atoms with Crippen molar-refractivity contribution in [2.45, 2.75) is 17.7 Å². The second-order valence-electron chi connectivity index (χ2n) is 5.54. The summed E-state index contributed by atoms with van der Waals surface area (Å²) >= 11 is 6.48. The highest BCUT2D eigenvalue weighted by molar-refractivity contribution is 9.11. The van der Waals surface area contributed by atoms with Crippen molar-refractivity contribution in [3.8, 4) is 0 Å². The van der Waals surface area contributed by atoms with Crippen LogP contribution in [0.3, 0.4) is 0 Å². The molecular formula is C16H15Br2FN2O2S. The summed E-state index contributed by atoms with van der Waals surface area (Å²) < 4.78 is 42.9. The van der Waals surface area contributed by atoms with Gasteiger partial charge in [0, 0.05) is 28.1 Å². The Morgan fingerprint density at radius 1 is 1.04 bits per heavy atom. The van der Waals surface area contributed by atoms with Crippen molar-refractivity contribution in [3.63, 3.8) is 0 Å². The van der Waals surface area contributed by atoms with E-state index < -0.39 is 15.8 Å². The van der Waals surface area contributed by atoms with Crippen LogP contribution in [0.2, 0.25) is 0 Å². The monoisotopic (exact) mass is 476 g/mol. The summed E-state index contributed by atoms with van der Waals surface area (Å²) in [7, 11) is -3.82. The van der Waals surface area contributed by atoms with Gasteiger partial charge in [-0.2, -0.15) is 0 Å². The molecule has 0 atom stereocenters. The average molecular weight is 478 g/mol. The lowest BCUT2D eigenvalue weighted by molar-refractivity contribution is 0.600. The van der Waals surface area contributed by atoms with Crippen molar-refractivity contribution in [2.24, 2.45) is 0 Å². The largest absolute Gasteiger partial charge is 0.369 e. The molecule has 0 saturated carbocycles. The number of nitrogens with one attached hydrogen (secondary N) is 1. The smallest absolute Gasteiger partial charge is 0.263 e. The standard InChI is InChI=1S/C16H15Br2FN2O2S/c17-11-3-5-13(18)16(9-11)24(22,23)20-12-4-6-15(14(19)10-12)21-7-1-2-8-21/h3-6,9-10,20H,1-2,7-8H2. The van der Waals surface area contributed by atoms with Gasteiger partial charge in [0.15, 0.2) is 0 Å². The van der Waals surface area contributed by atoms with E-state index in [4.69, 9.17) is 0 Å². The zero-order valence-corrected chi connectivity index (χ0v) is 16.6. The van der Waals surface area contributed by atoms with Crippen LogP contribution in [0.1, 0.15) is 12.8 Å². The Morgan fingerprint density at radius 2 is 1.75 bits per heavy atom. The van der Waals surface area contributed by atoms with Gasteiger partial charge in [-0.3, -0.25) is 4.72 Å². The number of rotatable bonds is 4. The molecular weight excluding hydrogens is 463 g/mol. The van der Waals surface area contributed by atoms with Crippen molar-refractivity contribution < 1.29 is 12.8 Å². The fourth-order valence-electron chi connectivity index (χ4n) is 2.68. The highest BCUT2D eigenvalue weighted by Crippen LogP contribution is 2.30. The molecule has 1 saturated heterocycles. The van der Waals surface area contributed by atoms with Gasteiger partial charge in [0.25, 0.3) is 10.0 Å². The molecule has 0 bridgehead atoms. The van der Waals surface area contributed by atoms with Gasteiger partial charge in [0.05, 0.1) is 11.4 Å². The molecule has 1 heterocycles. The van der Waals surface area contributed by atoms with Crippen molar-refractivity contribution >= 4 is 53.3 Å². The van der Waals surface area contributed by atoms with Crippen molar-refractivity contribution in [2.75, 3.05) is 22.7 Å². The number of halogens is 3. The predicted molar refractivity (Wildman–Crippen MR) is 100 cm³/mol. The van der Waals surface area contributed by atoms with Crippen LogP contribution in [-0.4, -0.2) is 21.5 Å². The molecule has 8 heteroatoms. The zero-order valence-electron chi connectivity index (χ0n) is 12.6. The molecule has 0 aromatic heterocycles.